The Balaban J connectivity index is 1.42. The Kier molecular flexibility index (Phi) is 5.20. The van der Waals surface area contributed by atoms with E-state index in [0.717, 1.165) is 0 Å². The van der Waals surface area contributed by atoms with Gasteiger partial charge in [0.15, 0.2) is 0 Å². The van der Waals surface area contributed by atoms with E-state index in [0.29, 0.717) is 0 Å². The molecule has 0 radical (unpaired) electrons. The van der Waals surface area contributed by atoms with E-state index in [2.05, 4.69) is 170 Å². The summed E-state index contributed by atoms with van der Waals surface area (Å²) in [5, 5.41) is 18.6. The van der Waals surface area contributed by atoms with Crippen LogP contribution >= 0.6 is 0 Å². The minimum atomic E-state index is 1.24. The van der Waals surface area contributed by atoms with Gasteiger partial charge in [0.2, 0.25) is 0 Å². The topological polar surface area (TPSA) is 0 Å². The van der Waals surface area contributed by atoms with Crippen LogP contribution in [0, 0.1) is 0 Å². The number of benzene rings is 9. The SMILES string of the molecule is c1ccc(-c2cc3c4ccccc4c4cc5c(cc6c7ccccc7c7c(-c8ccccc8)c(-c8ccccc8)cc5c67)c(c2)c34)cc1. The minimum Gasteiger partial charge on any atom is -0.0622 e. The molecule has 0 nitrogen and oxygen atoms in total. The summed E-state index contributed by atoms with van der Waals surface area (Å²) in [6.45, 7) is 0. The summed E-state index contributed by atoms with van der Waals surface area (Å²) in [4.78, 5) is 0. The first kappa shape index (κ1) is 25.9. The van der Waals surface area contributed by atoms with Gasteiger partial charge >= 0.3 is 0 Å². The van der Waals surface area contributed by atoms with Crippen molar-refractivity contribution in [3.8, 4) is 33.4 Å². The summed E-state index contributed by atoms with van der Waals surface area (Å²) >= 11 is 0. The number of hydrogen-bond acceptors (Lipinski definition) is 0. The van der Waals surface area contributed by atoms with Gasteiger partial charge < -0.3 is 0 Å². The predicted molar refractivity (Wildman–Crippen MR) is 208 cm³/mol. The van der Waals surface area contributed by atoms with Gasteiger partial charge in [0.05, 0.1) is 0 Å². The van der Waals surface area contributed by atoms with E-state index < -0.39 is 0 Å². The molecule has 0 atom stereocenters. The van der Waals surface area contributed by atoms with E-state index in [1.807, 2.05) is 0 Å². The highest BCUT2D eigenvalue weighted by atomic mass is 14.3. The van der Waals surface area contributed by atoms with E-state index in [-0.39, 0.29) is 0 Å². The number of rotatable bonds is 3. The van der Waals surface area contributed by atoms with Crippen molar-refractivity contribution in [3.05, 3.63) is 170 Å². The first-order valence-electron chi connectivity index (χ1n) is 16.8. The third kappa shape index (κ3) is 3.44. The van der Waals surface area contributed by atoms with Crippen LogP contribution in [0.4, 0.5) is 0 Å². The molecule has 0 fully saturated rings. The van der Waals surface area contributed by atoms with Gasteiger partial charge in [-0.25, -0.2) is 0 Å². The highest BCUT2D eigenvalue weighted by Crippen LogP contribution is 2.52. The maximum absolute atomic E-state index is 2.50. The van der Waals surface area contributed by atoms with Crippen LogP contribution in [-0.2, 0) is 0 Å². The molecule has 0 bridgehead atoms. The Bertz CT molecular complexity index is 3010. The van der Waals surface area contributed by atoms with Gasteiger partial charge in [0.25, 0.3) is 0 Å². The zero-order chi connectivity index (χ0) is 31.3. The van der Waals surface area contributed by atoms with Crippen LogP contribution in [0.1, 0.15) is 0 Å². The fourth-order valence-corrected chi connectivity index (χ4v) is 8.70. The molecule has 0 aliphatic rings. The number of hydrogen-bond donors (Lipinski definition) is 0. The lowest BCUT2D eigenvalue weighted by Gasteiger charge is -2.17. The summed E-state index contributed by atoms with van der Waals surface area (Å²) in [7, 11) is 0. The molecular weight excluding hydrogens is 577 g/mol. The lowest BCUT2D eigenvalue weighted by Crippen LogP contribution is -1.90. The monoisotopic (exact) mass is 604 g/mol. The summed E-state index contributed by atoms with van der Waals surface area (Å²) in [6.07, 6.45) is 0. The van der Waals surface area contributed by atoms with E-state index in [1.165, 1.54) is 109 Å². The Morgan fingerprint density at radius 3 is 1.23 bits per heavy atom. The summed E-state index contributed by atoms with van der Waals surface area (Å²) < 4.78 is 0. The fraction of sp³-hybridized carbons (Fsp3) is 0. The fourth-order valence-electron chi connectivity index (χ4n) is 8.70. The molecule has 11 aromatic rings. The molecule has 0 N–H and O–H groups in total. The molecule has 0 aliphatic heterocycles. The molecule has 0 heteroatoms. The normalized spacial score (nSPS) is 12.2. The third-order valence-corrected chi connectivity index (χ3v) is 10.7. The predicted octanol–water partition coefficient (Wildman–Crippen LogP) is 13.6. The lowest BCUT2D eigenvalue weighted by atomic mass is 9.85. The summed E-state index contributed by atoms with van der Waals surface area (Å²) in [5.41, 5.74) is 7.57. The zero-order valence-electron chi connectivity index (χ0n) is 26.2. The van der Waals surface area contributed by atoms with Gasteiger partial charge in [-0.05, 0) is 139 Å². The van der Waals surface area contributed by atoms with Gasteiger partial charge in [-0.1, -0.05) is 140 Å². The average Bonchev–Trinajstić information content (AvgIpc) is 3.66. The Morgan fingerprint density at radius 1 is 0.208 bits per heavy atom. The molecule has 0 aromatic heterocycles. The van der Waals surface area contributed by atoms with Gasteiger partial charge in [0, 0.05) is 0 Å². The van der Waals surface area contributed by atoms with Gasteiger partial charge in [0.1, 0.15) is 0 Å². The minimum absolute atomic E-state index is 1.24. The van der Waals surface area contributed by atoms with Crippen LogP contribution < -0.4 is 0 Å². The van der Waals surface area contributed by atoms with Crippen molar-refractivity contribution < 1.29 is 0 Å². The van der Waals surface area contributed by atoms with E-state index in [1.54, 1.807) is 0 Å². The molecule has 0 heterocycles. The van der Waals surface area contributed by atoms with Crippen molar-refractivity contribution in [2.45, 2.75) is 0 Å². The van der Waals surface area contributed by atoms with Gasteiger partial charge in [-0.15, -0.1) is 0 Å². The van der Waals surface area contributed by atoms with Crippen molar-refractivity contribution in [1.82, 2.24) is 0 Å². The first-order valence-corrected chi connectivity index (χ1v) is 16.8. The Morgan fingerprint density at radius 2 is 0.625 bits per heavy atom. The van der Waals surface area contributed by atoms with Crippen molar-refractivity contribution in [3.63, 3.8) is 0 Å². The largest absolute Gasteiger partial charge is 0.0622 e. The van der Waals surface area contributed by atoms with Crippen molar-refractivity contribution >= 4 is 75.4 Å². The van der Waals surface area contributed by atoms with E-state index in [9.17, 15) is 0 Å². The average molecular weight is 605 g/mol. The standard InChI is InChI=1S/C48H28/c1-4-14-29(15-5-1)32-24-40-33-20-10-11-21-34(33)42-27-39-38(41(25-32)46(40)42)28-43-35-22-12-13-23-36(35)48-45(31-18-8-3-9-19-31)37(26-44(39)47(43)48)30-16-6-2-7-17-30/h1-28H. The van der Waals surface area contributed by atoms with E-state index >= 15 is 0 Å². The lowest BCUT2D eigenvalue weighted by molar-refractivity contribution is 1.63. The second-order valence-electron chi connectivity index (χ2n) is 13.2. The van der Waals surface area contributed by atoms with Gasteiger partial charge in [-0.2, -0.15) is 0 Å². The molecule has 11 rings (SSSR count). The molecule has 220 valence electrons. The Labute approximate surface area is 277 Å². The molecule has 0 saturated heterocycles. The third-order valence-electron chi connectivity index (χ3n) is 10.7. The van der Waals surface area contributed by atoms with Crippen molar-refractivity contribution in [2.75, 3.05) is 0 Å². The second-order valence-corrected chi connectivity index (χ2v) is 13.2. The zero-order valence-corrected chi connectivity index (χ0v) is 26.2. The molecule has 48 heavy (non-hydrogen) atoms. The summed E-state index contributed by atoms with van der Waals surface area (Å²) in [5.74, 6) is 0. The van der Waals surface area contributed by atoms with Crippen LogP contribution in [0.3, 0.4) is 0 Å². The molecule has 0 aliphatic carbocycles. The second kappa shape index (κ2) is 9.64. The molecule has 0 saturated carbocycles. The highest BCUT2D eigenvalue weighted by molar-refractivity contribution is 6.43. The molecule has 0 spiro atoms. The molecular formula is C48H28. The first-order chi connectivity index (χ1) is 23.8. The molecule has 11 aromatic carbocycles. The smallest absolute Gasteiger partial charge is 0.000785 e. The highest BCUT2D eigenvalue weighted by Gasteiger charge is 2.24. The maximum atomic E-state index is 2.50. The van der Waals surface area contributed by atoms with Crippen LogP contribution in [-0.4, -0.2) is 0 Å². The molecule has 0 unspecified atom stereocenters. The summed E-state index contributed by atoms with van der Waals surface area (Å²) in [6, 6.07) is 63.1. The van der Waals surface area contributed by atoms with Crippen LogP contribution in [0.15, 0.2) is 170 Å². The van der Waals surface area contributed by atoms with E-state index in [4.69, 9.17) is 0 Å². The van der Waals surface area contributed by atoms with Crippen molar-refractivity contribution in [2.24, 2.45) is 0 Å². The van der Waals surface area contributed by atoms with Crippen LogP contribution in [0.5, 0.6) is 0 Å². The molecule has 0 amide bonds. The van der Waals surface area contributed by atoms with Crippen LogP contribution in [0.25, 0.3) is 109 Å². The maximum Gasteiger partial charge on any atom is -0.000785 e. The van der Waals surface area contributed by atoms with Gasteiger partial charge in [-0.3, -0.25) is 0 Å². The van der Waals surface area contributed by atoms with Crippen molar-refractivity contribution in [1.29, 1.82) is 0 Å². The quantitative estimate of drug-likeness (QED) is 0.176. The van der Waals surface area contributed by atoms with Crippen LogP contribution in [0.2, 0.25) is 0 Å². The Hall–Kier alpha value is -6.24. The number of fused-ring (bicyclic) bond motifs is 9.